The summed E-state index contributed by atoms with van der Waals surface area (Å²) in [6, 6.07) is 0.721. The van der Waals surface area contributed by atoms with Gasteiger partial charge in [-0.3, -0.25) is 0 Å². The molecule has 18 heavy (non-hydrogen) atoms. The van der Waals surface area contributed by atoms with E-state index in [0.29, 0.717) is 18.8 Å². The van der Waals surface area contributed by atoms with Crippen LogP contribution < -0.4 is 5.32 Å². The van der Waals surface area contributed by atoms with Crippen LogP contribution in [0.1, 0.15) is 52.4 Å². The highest BCUT2D eigenvalue weighted by Crippen LogP contribution is 2.18. The molecule has 1 rings (SSSR count). The zero-order chi connectivity index (χ0) is 13.4. The first-order valence-electron chi connectivity index (χ1n) is 7.31. The minimum absolute atomic E-state index is 0.302. The van der Waals surface area contributed by atoms with E-state index in [2.05, 4.69) is 12.2 Å². The van der Waals surface area contributed by atoms with Gasteiger partial charge in [0.15, 0.2) is 0 Å². The molecule has 1 aliphatic carbocycles. The molecule has 5 heteroatoms. The van der Waals surface area contributed by atoms with Gasteiger partial charge in [-0.05, 0) is 38.6 Å². The first kappa shape index (κ1) is 15.9. The molecule has 1 aliphatic rings. The number of nitrogens with zero attached hydrogens (tertiary/aromatic N) is 1. The summed E-state index contributed by atoms with van der Waals surface area (Å²) in [6.07, 6.45) is 6.30. The fraction of sp³-hybridized carbons (Fsp3) is 1.00. The Morgan fingerprint density at radius 2 is 1.89 bits per heavy atom. The maximum Gasteiger partial charge on any atom is 0.214 e. The van der Waals surface area contributed by atoms with Crippen molar-refractivity contribution in [3.63, 3.8) is 0 Å². The number of sulfonamides is 1. The molecule has 0 aromatic rings. The molecular formula is C13H28N2O2S. The van der Waals surface area contributed by atoms with Crippen molar-refractivity contribution < 1.29 is 8.42 Å². The van der Waals surface area contributed by atoms with Crippen molar-refractivity contribution in [1.29, 1.82) is 0 Å². The van der Waals surface area contributed by atoms with Crippen molar-refractivity contribution in [3.8, 4) is 0 Å². The Hall–Kier alpha value is -0.130. The summed E-state index contributed by atoms with van der Waals surface area (Å²) in [5.74, 6) is 0.302. The average molecular weight is 276 g/mol. The second kappa shape index (κ2) is 8.12. The molecule has 1 N–H and O–H groups in total. The van der Waals surface area contributed by atoms with Gasteiger partial charge in [0.2, 0.25) is 10.0 Å². The first-order chi connectivity index (χ1) is 8.60. The molecule has 1 fully saturated rings. The SMILES string of the molecule is CCCCN(CC)S(=O)(=O)CCCCNC1CC1. The smallest absolute Gasteiger partial charge is 0.214 e. The van der Waals surface area contributed by atoms with E-state index in [0.717, 1.165) is 38.3 Å². The fourth-order valence-electron chi connectivity index (χ4n) is 1.96. The Kier molecular flexibility index (Phi) is 7.19. The molecule has 0 aromatic carbocycles. The van der Waals surface area contributed by atoms with Crippen LogP contribution in [0.5, 0.6) is 0 Å². The van der Waals surface area contributed by atoms with Crippen LogP contribution in [-0.4, -0.2) is 44.2 Å². The predicted molar refractivity (Wildman–Crippen MR) is 76.2 cm³/mol. The lowest BCUT2D eigenvalue weighted by Gasteiger charge is -2.20. The molecule has 0 aromatic heterocycles. The molecule has 0 radical (unpaired) electrons. The molecule has 0 spiro atoms. The summed E-state index contributed by atoms with van der Waals surface area (Å²) in [4.78, 5) is 0. The number of hydrogen-bond donors (Lipinski definition) is 1. The molecule has 0 aliphatic heterocycles. The molecule has 0 bridgehead atoms. The third kappa shape index (κ3) is 6.16. The molecule has 108 valence electrons. The highest BCUT2D eigenvalue weighted by Gasteiger charge is 2.21. The van der Waals surface area contributed by atoms with Crippen molar-refractivity contribution in [1.82, 2.24) is 9.62 Å². The van der Waals surface area contributed by atoms with Gasteiger partial charge in [0.05, 0.1) is 5.75 Å². The Morgan fingerprint density at radius 1 is 1.17 bits per heavy atom. The van der Waals surface area contributed by atoms with E-state index < -0.39 is 10.0 Å². The lowest BCUT2D eigenvalue weighted by molar-refractivity contribution is 0.417. The predicted octanol–water partition coefficient (Wildman–Crippen LogP) is 1.97. The summed E-state index contributed by atoms with van der Waals surface area (Å²) in [7, 11) is -3.02. The summed E-state index contributed by atoms with van der Waals surface area (Å²) >= 11 is 0. The maximum absolute atomic E-state index is 12.1. The normalized spacial score (nSPS) is 16.4. The van der Waals surface area contributed by atoms with Crippen LogP contribution >= 0.6 is 0 Å². The number of hydrogen-bond acceptors (Lipinski definition) is 3. The fourth-order valence-corrected chi connectivity index (χ4v) is 3.59. The van der Waals surface area contributed by atoms with Crippen LogP contribution in [0.2, 0.25) is 0 Å². The quantitative estimate of drug-likeness (QED) is 0.587. The Balaban J connectivity index is 2.18. The molecule has 4 nitrogen and oxygen atoms in total. The van der Waals surface area contributed by atoms with E-state index >= 15 is 0 Å². The standard InChI is InChI=1S/C13H28N2O2S/c1-3-5-11-15(4-2)18(16,17)12-7-6-10-14-13-8-9-13/h13-14H,3-12H2,1-2H3. The van der Waals surface area contributed by atoms with Crippen LogP contribution in [0.3, 0.4) is 0 Å². The molecule has 0 saturated heterocycles. The molecule has 0 unspecified atom stereocenters. The molecule has 0 atom stereocenters. The van der Waals surface area contributed by atoms with Gasteiger partial charge in [0.25, 0.3) is 0 Å². The zero-order valence-electron chi connectivity index (χ0n) is 11.8. The van der Waals surface area contributed by atoms with Crippen LogP contribution in [-0.2, 0) is 10.0 Å². The summed E-state index contributed by atoms with van der Waals surface area (Å²) in [6.45, 7) is 6.24. The number of rotatable bonds is 11. The van der Waals surface area contributed by atoms with Crippen molar-refractivity contribution in [2.45, 2.75) is 58.4 Å². The second-order valence-corrected chi connectivity index (χ2v) is 7.19. The highest BCUT2D eigenvalue weighted by molar-refractivity contribution is 7.89. The molecule has 1 saturated carbocycles. The number of nitrogens with one attached hydrogen (secondary N) is 1. The van der Waals surface area contributed by atoms with E-state index in [1.54, 1.807) is 4.31 Å². The lowest BCUT2D eigenvalue weighted by Crippen LogP contribution is -2.34. The van der Waals surface area contributed by atoms with E-state index in [-0.39, 0.29) is 0 Å². The van der Waals surface area contributed by atoms with E-state index in [4.69, 9.17) is 0 Å². The van der Waals surface area contributed by atoms with E-state index in [1.165, 1.54) is 12.8 Å². The zero-order valence-corrected chi connectivity index (χ0v) is 12.6. The first-order valence-corrected chi connectivity index (χ1v) is 8.92. The van der Waals surface area contributed by atoms with E-state index in [1.807, 2.05) is 6.92 Å². The second-order valence-electron chi connectivity index (χ2n) is 5.10. The Labute approximate surface area is 112 Å². The minimum Gasteiger partial charge on any atom is -0.314 e. The molecule has 0 amide bonds. The van der Waals surface area contributed by atoms with Gasteiger partial charge >= 0.3 is 0 Å². The van der Waals surface area contributed by atoms with Gasteiger partial charge in [0, 0.05) is 19.1 Å². The van der Waals surface area contributed by atoms with Crippen molar-refractivity contribution in [3.05, 3.63) is 0 Å². The lowest BCUT2D eigenvalue weighted by atomic mass is 10.3. The monoisotopic (exact) mass is 276 g/mol. The summed E-state index contributed by atoms with van der Waals surface area (Å²) < 4.78 is 25.8. The van der Waals surface area contributed by atoms with Gasteiger partial charge in [-0.25, -0.2) is 12.7 Å². The topological polar surface area (TPSA) is 49.4 Å². The third-order valence-electron chi connectivity index (χ3n) is 3.35. The number of unbranched alkanes of at least 4 members (excludes halogenated alkanes) is 2. The third-order valence-corrected chi connectivity index (χ3v) is 5.38. The summed E-state index contributed by atoms with van der Waals surface area (Å²) in [5, 5.41) is 3.41. The highest BCUT2D eigenvalue weighted by atomic mass is 32.2. The van der Waals surface area contributed by atoms with Crippen LogP contribution in [0.25, 0.3) is 0 Å². The van der Waals surface area contributed by atoms with Crippen LogP contribution in [0.4, 0.5) is 0 Å². The van der Waals surface area contributed by atoms with Crippen LogP contribution in [0, 0.1) is 0 Å². The maximum atomic E-state index is 12.1. The molecular weight excluding hydrogens is 248 g/mol. The van der Waals surface area contributed by atoms with Gasteiger partial charge in [-0.1, -0.05) is 20.3 Å². The van der Waals surface area contributed by atoms with E-state index in [9.17, 15) is 8.42 Å². The Bertz CT molecular complexity index is 313. The van der Waals surface area contributed by atoms with Crippen LogP contribution in [0.15, 0.2) is 0 Å². The average Bonchev–Trinajstić information content (AvgIpc) is 3.13. The van der Waals surface area contributed by atoms with Gasteiger partial charge in [0.1, 0.15) is 0 Å². The summed E-state index contributed by atoms with van der Waals surface area (Å²) in [5.41, 5.74) is 0. The van der Waals surface area contributed by atoms with Gasteiger partial charge in [-0.2, -0.15) is 0 Å². The van der Waals surface area contributed by atoms with Crippen molar-refractivity contribution in [2.24, 2.45) is 0 Å². The van der Waals surface area contributed by atoms with Crippen molar-refractivity contribution in [2.75, 3.05) is 25.4 Å². The minimum atomic E-state index is -3.02. The van der Waals surface area contributed by atoms with Gasteiger partial charge < -0.3 is 5.32 Å². The molecule has 0 heterocycles. The van der Waals surface area contributed by atoms with Gasteiger partial charge in [-0.15, -0.1) is 0 Å². The Morgan fingerprint density at radius 3 is 2.44 bits per heavy atom. The largest absolute Gasteiger partial charge is 0.314 e. The van der Waals surface area contributed by atoms with Crippen molar-refractivity contribution >= 4 is 10.0 Å².